The number of anilines is 1. The summed E-state index contributed by atoms with van der Waals surface area (Å²) in [6.07, 6.45) is 1.10. The van der Waals surface area contributed by atoms with E-state index >= 15 is 0 Å². The quantitative estimate of drug-likeness (QED) is 0.453. The molecule has 1 fully saturated rings. The molecule has 0 saturated heterocycles. The molecule has 30 heavy (non-hydrogen) atoms. The zero-order chi connectivity index (χ0) is 20.5. The molecule has 0 spiro atoms. The van der Waals surface area contributed by atoms with Crippen molar-refractivity contribution in [2.24, 2.45) is 7.05 Å². The molecule has 150 valence electrons. The summed E-state index contributed by atoms with van der Waals surface area (Å²) in [6.45, 7) is 0. The molecular weight excluding hydrogens is 392 g/mol. The Morgan fingerprint density at radius 3 is 2.63 bits per heavy atom. The second kappa shape index (κ2) is 7.95. The van der Waals surface area contributed by atoms with E-state index in [0.29, 0.717) is 17.6 Å². The van der Waals surface area contributed by atoms with E-state index in [1.54, 1.807) is 0 Å². The first kappa shape index (κ1) is 18.9. The molecule has 3 aromatic carbocycles. The summed E-state index contributed by atoms with van der Waals surface area (Å²) >= 11 is 1.42. The Labute approximate surface area is 179 Å². The number of nitrogens with zero attached hydrogens (tertiary/aromatic N) is 3. The second-order valence-corrected chi connectivity index (χ2v) is 8.57. The van der Waals surface area contributed by atoms with Crippen LogP contribution >= 0.6 is 11.8 Å². The van der Waals surface area contributed by atoms with Gasteiger partial charge in [-0.1, -0.05) is 78.5 Å². The highest BCUT2D eigenvalue weighted by atomic mass is 32.2. The van der Waals surface area contributed by atoms with E-state index in [1.807, 2.05) is 60.1 Å². The van der Waals surface area contributed by atoms with E-state index in [4.69, 9.17) is 0 Å². The molecule has 2 atom stereocenters. The average Bonchev–Trinajstić information content (AvgIpc) is 3.49. The van der Waals surface area contributed by atoms with E-state index < -0.39 is 0 Å². The maximum absolute atomic E-state index is 12.5. The van der Waals surface area contributed by atoms with E-state index in [1.165, 1.54) is 17.3 Å². The van der Waals surface area contributed by atoms with Crippen LogP contribution in [0.1, 0.15) is 29.6 Å². The van der Waals surface area contributed by atoms with Gasteiger partial charge in [0.2, 0.25) is 5.91 Å². The van der Waals surface area contributed by atoms with E-state index in [2.05, 4.69) is 39.8 Å². The molecule has 5 rings (SSSR count). The van der Waals surface area contributed by atoms with Gasteiger partial charge < -0.3 is 9.88 Å². The minimum absolute atomic E-state index is 0.0468. The van der Waals surface area contributed by atoms with Crippen molar-refractivity contribution in [3.05, 3.63) is 84.2 Å². The van der Waals surface area contributed by atoms with Crippen molar-refractivity contribution in [3.8, 4) is 0 Å². The molecule has 5 nitrogen and oxygen atoms in total. The SMILES string of the molecule is Cn1c(SCC(=O)Nc2cccc3ccccc23)nnc1C1CC1c1ccccc1. The van der Waals surface area contributed by atoms with Crippen LogP contribution < -0.4 is 5.32 Å². The lowest BCUT2D eigenvalue weighted by Gasteiger charge is -2.08. The normalized spacial score (nSPS) is 17.8. The molecule has 0 radical (unpaired) electrons. The fourth-order valence-electron chi connectivity index (χ4n) is 3.97. The number of hydrogen-bond donors (Lipinski definition) is 1. The molecule has 1 aliphatic carbocycles. The van der Waals surface area contributed by atoms with Gasteiger partial charge in [0.05, 0.1) is 5.75 Å². The van der Waals surface area contributed by atoms with Crippen molar-refractivity contribution in [3.63, 3.8) is 0 Å². The molecule has 4 aromatic rings. The van der Waals surface area contributed by atoms with Crippen LogP contribution in [0.2, 0.25) is 0 Å². The number of benzene rings is 3. The fraction of sp³-hybridized carbons (Fsp3) is 0.208. The Kier molecular flexibility index (Phi) is 5.01. The minimum atomic E-state index is -0.0468. The van der Waals surface area contributed by atoms with E-state index in [9.17, 15) is 4.79 Å². The van der Waals surface area contributed by atoms with Crippen molar-refractivity contribution < 1.29 is 4.79 Å². The lowest BCUT2D eigenvalue weighted by atomic mass is 10.1. The number of carbonyl (C=O) groups is 1. The van der Waals surface area contributed by atoms with E-state index in [0.717, 1.165) is 33.9 Å². The smallest absolute Gasteiger partial charge is 0.234 e. The standard InChI is InChI=1S/C24H22N4OS/c1-28-23(20-14-19(20)17-8-3-2-4-9-17)26-27-24(28)30-15-22(29)25-21-13-7-11-16-10-5-6-12-18(16)21/h2-13,19-20H,14-15H2,1H3,(H,25,29). The van der Waals surface area contributed by atoms with Gasteiger partial charge in [-0.25, -0.2) is 0 Å². The summed E-state index contributed by atoms with van der Waals surface area (Å²) < 4.78 is 2.03. The van der Waals surface area contributed by atoms with Gasteiger partial charge >= 0.3 is 0 Å². The van der Waals surface area contributed by atoms with Crippen molar-refractivity contribution in [2.45, 2.75) is 23.4 Å². The summed E-state index contributed by atoms with van der Waals surface area (Å²) in [4.78, 5) is 12.5. The summed E-state index contributed by atoms with van der Waals surface area (Å²) in [5.74, 6) is 2.17. The first-order chi connectivity index (χ1) is 14.7. The van der Waals surface area contributed by atoms with Crippen LogP contribution in [0.3, 0.4) is 0 Å². The average molecular weight is 415 g/mol. The third-order valence-electron chi connectivity index (χ3n) is 5.61. The Bertz CT molecular complexity index is 1200. The molecule has 0 bridgehead atoms. The van der Waals surface area contributed by atoms with Crippen molar-refractivity contribution >= 4 is 34.1 Å². The number of carbonyl (C=O) groups excluding carboxylic acids is 1. The summed E-state index contributed by atoms with van der Waals surface area (Å²) in [5, 5.41) is 14.7. The lowest BCUT2D eigenvalue weighted by molar-refractivity contribution is -0.113. The summed E-state index contributed by atoms with van der Waals surface area (Å²) in [5.41, 5.74) is 2.19. The Balaban J connectivity index is 1.23. The highest BCUT2D eigenvalue weighted by Crippen LogP contribution is 2.54. The van der Waals surface area contributed by atoms with E-state index in [-0.39, 0.29) is 5.91 Å². The van der Waals surface area contributed by atoms with Gasteiger partial charge in [-0.2, -0.15) is 0 Å². The summed E-state index contributed by atoms with van der Waals surface area (Å²) in [7, 11) is 1.99. The Morgan fingerprint density at radius 1 is 1.00 bits per heavy atom. The fourth-order valence-corrected chi connectivity index (χ4v) is 4.69. The maximum Gasteiger partial charge on any atom is 0.234 e. The number of thioether (sulfide) groups is 1. The molecule has 1 aliphatic rings. The molecule has 6 heteroatoms. The van der Waals surface area contributed by atoms with Crippen LogP contribution in [0.25, 0.3) is 10.8 Å². The van der Waals surface area contributed by atoms with Crippen molar-refractivity contribution in [1.29, 1.82) is 0 Å². The molecule has 1 saturated carbocycles. The monoisotopic (exact) mass is 414 g/mol. The number of rotatable bonds is 6. The number of nitrogens with one attached hydrogen (secondary N) is 1. The molecular formula is C24H22N4OS. The maximum atomic E-state index is 12.5. The largest absolute Gasteiger partial charge is 0.325 e. The Hall–Kier alpha value is -3.12. The second-order valence-electron chi connectivity index (χ2n) is 7.62. The zero-order valence-electron chi connectivity index (χ0n) is 16.7. The van der Waals surface area contributed by atoms with Crippen molar-refractivity contribution in [2.75, 3.05) is 11.1 Å². The van der Waals surface area contributed by atoms with Crippen LogP contribution in [-0.4, -0.2) is 26.4 Å². The highest BCUT2D eigenvalue weighted by molar-refractivity contribution is 7.99. The van der Waals surface area contributed by atoms with Gasteiger partial charge in [-0.15, -0.1) is 10.2 Å². The van der Waals surface area contributed by atoms with Gasteiger partial charge in [0, 0.05) is 24.0 Å². The van der Waals surface area contributed by atoms with Crippen molar-refractivity contribution in [1.82, 2.24) is 14.8 Å². The third-order valence-corrected chi connectivity index (χ3v) is 6.63. The highest BCUT2D eigenvalue weighted by Gasteiger charge is 2.42. The van der Waals surface area contributed by atoms with Gasteiger partial charge in [-0.05, 0) is 29.4 Å². The van der Waals surface area contributed by atoms with Gasteiger partial charge in [-0.3, -0.25) is 4.79 Å². The summed E-state index contributed by atoms with van der Waals surface area (Å²) in [6, 6.07) is 24.5. The molecule has 1 amide bonds. The van der Waals surface area contributed by atoms with Crippen LogP contribution in [-0.2, 0) is 11.8 Å². The predicted octanol–water partition coefficient (Wildman–Crippen LogP) is 4.97. The number of aromatic nitrogens is 3. The number of hydrogen-bond acceptors (Lipinski definition) is 4. The first-order valence-electron chi connectivity index (χ1n) is 10.1. The van der Waals surface area contributed by atoms with Crippen LogP contribution in [0.5, 0.6) is 0 Å². The topological polar surface area (TPSA) is 59.8 Å². The number of fused-ring (bicyclic) bond motifs is 1. The molecule has 1 N–H and O–H groups in total. The minimum Gasteiger partial charge on any atom is -0.325 e. The molecule has 1 aromatic heterocycles. The third kappa shape index (κ3) is 3.71. The lowest BCUT2D eigenvalue weighted by Crippen LogP contribution is -2.14. The molecule has 0 aliphatic heterocycles. The molecule has 2 unspecified atom stereocenters. The Morgan fingerprint density at radius 2 is 1.77 bits per heavy atom. The van der Waals surface area contributed by atoms with Crippen LogP contribution in [0.4, 0.5) is 5.69 Å². The number of amides is 1. The van der Waals surface area contributed by atoms with Crippen LogP contribution in [0.15, 0.2) is 78.0 Å². The van der Waals surface area contributed by atoms with Gasteiger partial charge in [0.25, 0.3) is 0 Å². The molecule has 1 heterocycles. The predicted molar refractivity (Wildman–Crippen MR) is 121 cm³/mol. The van der Waals surface area contributed by atoms with Gasteiger partial charge in [0.1, 0.15) is 5.82 Å². The zero-order valence-corrected chi connectivity index (χ0v) is 17.5. The first-order valence-corrected chi connectivity index (χ1v) is 11.0. The van der Waals surface area contributed by atoms with Gasteiger partial charge in [0.15, 0.2) is 5.16 Å². The van der Waals surface area contributed by atoms with Crippen LogP contribution in [0, 0.1) is 0 Å².